The van der Waals surface area contributed by atoms with Gasteiger partial charge in [-0.25, -0.2) is 0 Å². The molecule has 1 amide bonds. The van der Waals surface area contributed by atoms with E-state index in [4.69, 9.17) is 0 Å². The van der Waals surface area contributed by atoms with Crippen molar-refractivity contribution in [1.82, 2.24) is 9.80 Å². The van der Waals surface area contributed by atoms with Crippen LogP contribution in [0.5, 0.6) is 0 Å². The Morgan fingerprint density at radius 1 is 1.09 bits per heavy atom. The number of likely N-dealkylation sites (tertiary alicyclic amines) is 1. The lowest BCUT2D eigenvalue weighted by atomic mass is 10.1. The zero-order valence-electron chi connectivity index (χ0n) is 13.5. The van der Waals surface area contributed by atoms with E-state index in [-0.39, 0.29) is 5.91 Å². The number of nitrogens with zero attached hydrogens (tertiary/aromatic N) is 2. The van der Waals surface area contributed by atoms with Gasteiger partial charge in [0.05, 0.1) is 0 Å². The highest BCUT2D eigenvalue weighted by Gasteiger charge is 2.36. The number of benzene rings is 2. The lowest BCUT2D eigenvalue weighted by Gasteiger charge is -2.24. The molecule has 3 nitrogen and oxygen atoms in total. The molecular formula is C20H22N2O. The van der Waals surface area contributed by atoms with Crippen molar-refractivity contribution in [2.75, 3.05) is 13.1 Å². The molecule has 1 atom stereocenters. The molecule has 4 rings (SSSR count). The molecule has 23 heavy (non-hydrogen) atoms. The van der Waals surface area contributed by atoms with Crippen molar-refractivity contribution >= 4 is 5.91 Å². The van der Waals surface area contributed by atoms with Crippen molar-refractivity contribution in [2.45, 2.75) is 32.5 Å². The summed E-state index contributed by atoms with van der Waals surface area (Å²) >= 11 is 0. The molecule has 2 aliphatic rings. The lowest BCUT2D eigenvalue weighted by Crippen LogP contribution is -2.37. The maximum atomic E-state index is 12.7. The van der Waals surface area contributed by atoms with Crippen LogP contribution in [0.4, 0.5) is 0 Å². The highest BCUT2D eigenvalue weighted by molar-refractivity contribution is 5.99. The fraction of sp³-hybridized carbons (Fsp3) is 0.350. The van der Waals surface area contributed by atoms with E-state index in [1.165, 1.54) is 16.7 Å². The third kappa shape index (κ3) is 2.66. The first-order chi connectivity index (χ1) is 11.2. The average molecular weight is 306 g/mol. The van der Waals surface area contributed by atoms with Crippen LogP contribution in [0.25, 0.3) is 0 Å². The molecule has 0 aliphatic carbocycles. The van der Waals surface area contributed by atoms with Crippen molar-refractivity contribution in [1.29, 1.82) is 0 Å². The SMILES string of the molecule is Cc1cccc2c1CN(C1CCN(Cc3ccccc3)C1)C2=O. The second-order valence-electron chi connectivity index (χ2n) is 6.70. The monoisotopic (exact) mass is 306 g/mol. The Hall–Kier alpha value is -2.13. The van der Waals surface area contributed by atoms with Crippen LogP contribution in [0.1, 0.15) is 33.5 Å². The van der Waals surface area contributed by atoms with Gasteiger partial charge in [-0.15, -0.1) is 0 Å². The second kappa shape index (κ2) is 5.82. The third-order valence-electron chi connectivity index (χ3n) is 5.17. The number of rotatable bonds is 3. The molecule has 1 unspecified atom stereocenters. The van der Waals surface area contributed by atoms with Crippen molar-refractivity contribution in [3.8, 4) is 0 Å². The van der Waals surface area contributed by atoms with Gasteiger partial charge in [0.1, 0.15) is 0 Å². The Labute approximate surface area is 137 Å². The third-order valence-corrected chi connectivity index (χ3v) is 5.17. The van der Waals surface area contributed by atoms with Gasteiger partial charge >= 0.3 is 0 Å². The maximum absolute atomic E-state index is 12.7. The van der Waals surface area contributed by atoms with Gasteiger partial charge in [-0.1, -0.05) is 42.5 Å². The van der Waals surface area contributed by atoms with Crippen LogP contribution in [0.2, 0.25) is 0 Å². The van der Waals surface area contributed by atoms with Gasteiger partial charge in [-0.2, -0.15) is 0 Å². The number of aryl methyl sites for hydroxylation is 1. The largest absolute Gasteiger partial charge is 0.330 e. The molecule has 2 aromatic carbocycles. The Balaban J connectivity index is 1.45. The topological polar surface area (TPSA) is 23.6 Å². The molecule has 2 heterocycles. The van der Waals surface area contributed by atoms with Crippen LogP contribution in [0.3, 0.4) is 0 Å². The number of hydrogen-bond donors (Lipinski definition) is 0. The molecule has 0 bridgehead atoms. The maximum Gasteiger partial charge on any atom is 0.254 e. The predicted octanol–water partition coefficient (Wildman–Crippen LogP) is 3.23. The van der Waals surface area contributed by atoms with Crippen LogP contribution in [-0.4, -0.2) is 34.8 Å². The second-order valence-corrected chi connectivity index (χ2v) is 6.70. The van der Waals surface area contributed by atoms with Gasteiger partial charge in [0.25, 0.3) is 5.91 Å². The first kappa shape index (κ1) is 14.5. The van der Waals surface area contributed by atoms with Crippen molar-refractivity contribution < 1.29 is 4.79 Å². The smallest absolute Gasteiger partial charge is 0.254 e. The quantitative estimate of drug-likeness (QED) is 0.869. The van der Waals surface area contributed by atoms with Crippen LogP contribution in [-0.2, 0) is 13.1 Å². The Morgan fingerprint density at radius 3 is 2.70 bits per heavy atom. The molecule has 2 aliphatic heterocycles. The zero-order valence-corrected chi connectivity index (χ0v) is 13.5. The van der Waals surface area contributed by atoms with Gasteiger partial charge in [-0.05, 0) is 36.1 Å². The normalized spacial score (nSPS) is 21.0. The molecular weight excluding hydrogens is 284 g/mol. The molecule has 3 heteroatoms. The number of amides is 1. The van der Waals surface area contributed by atoms with Gasteiger partial charge in [0.2, 0.25) is 0 Å². The molecule has 1 saturated heterocycles. The van der Waals surface area contributed by atoms with Gasteiger partial charge in [0.15, 0.2) is 0 Å². The van der Waals surface area contributed by atoms with Crippen molar-refractivity contribution in [3.05, 3.63) is 70.8 Å². The number of fused-ring (bicyclic) bond motifs is 1. The number of carbonyl (C=O) groups is 1. The summed E-state index contributed by atoms with van der Waals surface area (Å²) in [5.41, 5.74) is 4.71. The van der Waals surface area contributed by atoms with E-state index >= 15 is 0 Å². The molecule has 0 saturated carbocycles. The highest BCUT2D eigenvalue weighted by Crippen LogP contribution is 2.30. The van der Waals surface area contributed by atoms with E-state index in [0.29, 0.717) is 6.04 Å². The van der Waals surface area contributed by atoms with Gasteiger partial charge < -0.3 is 4.90 Å². The first-order valence-corrected chi connectivity index (χ1v) is 8.38. The summed E-state index contributed by atoms with van der Waals surface area (Å²) in [4.78, 5) is 17.3. The van der Waals surface area contributed by atoms with E-state index in [1.54, 1.807) is 0 Å². The zero-order chi connectivity index (χ0) is 15.8. The first-order valence-electron chi connectivity index (χ1n) is 8.38. The van der Waals surface area contributed by atoms with Crippen LogP contribution < -0.4 is 0 Å². The van der Waals surface area contributed by atoms with E-state index in [9.17, 15) is 4.79 Å². The minimum Gasteiger partial charge on any atom is -0.330 e. The molecule has 1 fully saturated rings. The van der Waals surface area contributed by atoms with E-state index in [1.807, 2.05) is 12.1 Å². The molecule has 0 spiro atoms. The van der Waals surface area contributed by atoms with Crippen molar-refractivity contribution in [3.63, 3.8) is 0 Å². The Bertz CT molecular complexity index is 726. The summed E-state index contributed by atoms with van der Waals surface area (Å²) in [6, 6.07) is 17.0. The molecule has 2 aromatic rings. The summed E-state index contributed by atoms with van der Waals surface area (Å²) < 4.78 is 0. The molecule has 118 valence electrons. The van der Waals surface area contributed by atoms with Gasteiger partial charge in [0, 0.05) is 37.8 Å². The van der Waals surface area contributed by atoms with Crippen LogP contribution in [0, 0.1) is 6.92 Å². The Kier molecular flexibility index (Phi) is 3.66. The van der Waals surface area contributed by atoms with Crippen molar-refractivity contribution in [2.24, 2.45) is 0 Å². The fourth-order valence-electron chi connectivity index (χ4n) is 3.86. The summed E-state index contributed by atoms with van der Waals surface area (Å²) in [5.74, 6) is 0.218. The molecule has 0 aromatic heterocycles. The van der Waals surface area contributed by atoms with Gasteiger partial charge in [-0.3, -0.25) is 9.69 Å². The molecule has 0 N–H and O–H groups in total. The van der Waals surface area contributed by atoms with Crippen LogP contribution in [0.15, 0.2) is 48.5 Å². The van der Waals surface area contributed by atoms with E-state index < -0.39 is 0 Å². The average Bonchev–Trinajstić information content (AvgIpc) is 3.14. The predicted molar refractivity (Wildman–Crippen MR) is 91.2 cm³/mol. The van der Waals surface area contributed by atoms with E-state index in [2.05, 4.69) is 53.1 Å². The standard InChI is InChI=1S/C20H22N2O/c1-15-6-5-9-18-19(15)14-22(20(18)23)17-10-11-21(13-17)12-16-7-3-2-4-8-16/h2-9,17H,10-14H2,1H3. The molecule has 0 radical (unpaired) electrons. The summed E-state index contributed by atoms with van der Waals surface area (Å²) in [5, 5.41) is 0. The lowest BCUT2D eigenvalue weighted by molar-refractivity contribution is 0.0706. The van der Waals surface area contributed by atoms with Crippen LogP contribution >= 0.6 is 0 Å². The number of hydrogen-bond acceptors (Lipinski definition) is 2. The number of carbonyl (C=O) groups excluding carboxylic acids is 1. The fourth-order valence-corrected chi connectivity index (χ4v) is 3.86. The summed E-state index contributed by atoms with van der Waals surface area (Å²) in [6.07, 6.45) is 1.08. The highest BCUT2D eigenvalue weighted by atomic mass is 16.2. The summed E-state index contributed by atoms with van der Waals surface area (Å²) in [6.45, 7) is 5.91. The Morgan fingerprint density at radius 2 is 1.91 bits per heavy atom. The minimum absolute atomic E-state index is 0.218. The minimum atomic E-state index is 0.218. The van der Waals surface area contributed by atoms with E-state index in [0.717, 1.165) is 38.2 Å². The summed E-state index contributed by atoms with van der Waals surface area (Å²) in [7, 11) is 0.